The molecule has 2 aromatic rings. The first-order valence-electron chi connectivity index (χ1n) is 5.56. The molecule has 1 aromatic heterocycles. The number of methoxy groups -OCH3 is 1. The van der Waals surface area contributed by atoms with E-state index in [-0.39, 0.29) is 5.41 Å². The summed E-state index contributed by atoms with van der Waals surface area (Å²) in [7, 11) is 1.68. The molecule has 0 bridgehead atoms. The Kier molecular flexibility index (Phi) is 3.13. The lowest BCUT2D eigenvalue weighted by atomic mass is 9.86. The Balaban J connectivity index is 2.75. The zero-order valence-corrected chi connectivity index (χ0v) is 12.1. The molecular formula is C14H16BrNO. The summed E-state index contributed by atoms with van der Waals surface area (Å²) in [5.74, 6) is 0.828. The predicted octanol–water partition coefficient (Wildman–Crippen LogP) is 4.30. The number of hydrogen-bond donors (Lipinski definition) is 0. The number of nitrogens with zero attached hydrogens (tertiary/aromatic N) is 1. The number of aromatic nitrogens is 1. The van der Waals surface area contributed by atoms with E-state index < -0.39 is 0 Å². The maximum absolute atomic E-state index is 5.43. The normalized spacial score (nSPS) is 11.8. The average molecular weight is 294 g/mol. The minimum atomic E-state index is 0.106. The number of ether oxygens (including phenoxy) is 1. The summed E-state index contributed by atoms with van der Waals surface area (Å²) in [6.07, 6.45) is 0. The van der Waals surface area contributed by atoms with Crippen LogP contribution in [0.3, 0.4) is 0 Å². The maximum atomic E-state index is 5.43. The lowest BCUT2D eigenvalue weighted by molar-refractivity contribution is 0.417. The Morgan fingerprint density at radius 2 is 1.88 bits per heavy atom. The van der Waals surface area contributed by atoms with E-state index >= 15 is 0 Å². The van der Waals surface area contributed by atoms with E-state index in [1.165, 1.54) is 5.56 Å². The molecule has 2 nitrogen and oxygen atoms in total. The molecule has 17 heavy (non-hydrogen) atoms. The van der Waals surface area contributed by atoms with Gasteiger partial charge in [0.2, 0.25) is 0 Å². The molecule has 0 aliphatic carbocycles. The predicted molar refractivity (Wildman–Crippen MR) is 74.7 cm³/mol. The van der Waals surface area contributed by atoms with Crippen LogP contribution in [0.25, 0.3) is 10.9 Å². The van der Waals surface area contributed by atoms with Crippen molar-refractivity contribution >= 4 is 26.8 Å². The zero-order valence-electron chi connectivity index (χ0n) is 10.5. The monoisotopic (exact) mass is 293 g/mol. The smallest absolute Gasteiger partial charge is 0.145 e. The third-order valence-corrected chi connectivity index (χ3v) is 3.25. The first-order chi connectivity index (χ1) is 7.91. The third-order valence-electron chi connectivity index (χ3n) is 2.81. The molecule has 0 radical (unpaired) electrons. The molecule has 0 unspecified atom stereocenters. The van der Waals surface area contributed by atoms with Crippen molar-refractivity contribution in [3.63, 3.8) is 0 Å². The Morgan fingerprint density at radius 1 is 1.18 bits per heavy atom. The molecule has 0 fully saturated rings. The van der Waals surface area contributed by atoms with Gasteiger partial charge in [-0.15, -0.1) is 0 Å². The lowest BCUT2D eigenvalue weighted by Gasteiger charge is -2.20. The highest BCUT2D eigenvalue weighted by molar-refractivity contribution is 9.10. The highest BCUT2D eigenvalue weighted by Crippen LogP contribution is 2.32. The summed E-state index contributed by atoms with van der Waals surface area (Å²) in [6.45, 7) is 6.58. The topological polar surface area (TPSA) is 22.1 Å². The van der Waals surface area contributed by atoms with E-state index in [4.69, 9.17) is 4.74 Å². The summed E-state index contributed by atoms with van der Waals surface area (Å²) >= 11 is 3.39. The molecule has 0 spiro atoms. The number of hydrogen-bond acceptors (Lipinski definition) is 2. The van der Waals surface area contributed by atoms with E-state index in [9.17, 15) is 0 Å². The Hall–Kier alpha value is -1.09. The standard InChI is InChI=1S/C14H16BrNO/c1-14(2,3)10-7-9-5-6-12(15)16-13(9)11(8-10)17-4/h5-8H,1-4H3. The van der Waals surface area contributed by atoms with E-state index in [0.717, 1.165) is 21.3 Å². The van der Waals surface area contributed by atoms with Crippen LogP contribution in [0.15, 0.2) is 28.9 Å². The van der Waals surface area contributed by atoms with Gasteiger partial charge in [0.25, 0.3) is 0 Å². The fourth-order valence-electron chi connectivity index (χ4n) is 1.77. The summed E-state index contributed by atoms with van der Waals surface area (Å²) in [6, 6.07) is 8.26. The highest BCUT2D eigenvalue weighted by Gasteiger charge is 2.17. The summed E-state index contributed by atoms with van der Waals surface area (Å²) in [5, 5.41) is 1.11. The van der Waals surface area contributed by atoms with Crippen LogP contribution in [-0.2, 0) is 5.41 Å². The van der Waals surface area contributed by atoms with Gasteiger partial charge in [-0.05, 0) is 51.2 Å². The molecule has 90 valence electrons. The van der Waals surface area contributed by atoms with Crippen LogP contribution in [-0.4, -0.2) is 12.1 Å². The molecule has 0 aliphatic rings. The molecule has 0 amide bonds. The van der Waals surface area contributed by atoms with Gasteiger partial charge in [0.15, 0.2) is 0 Å². The van der Waals surface area contributed by atoms with Gasteiger partial charge < -0.3 is 4.74 Å². The van der Waals surface area contributed by atoms with Crippen LogP contribution in [0.2, 0.25) is 0 Å². The van der Waals surface area contributed by atoms with Gasteiger partial charge in [0.1, 0.15) is 15.9 Å². The van der Waals surface area contributed by atoms with Crippen molar-refractivity contribution in [2.75, 3.05) is 7.11 Å². The van der Waals surface area contributed by atoms with Crippen LogP contribution in [0.1, 0.15) is 26.3 Å². The number of fused-ring (bicyclic) bond motifs is 1. The van der Waals surface area contributed by atoms with Gasteiger partial charge in [-0.2, -0.15) is 0 Å². The first-order valence-corrected chi connectivity index (χ1v) is 6.36. The average Bonchev–Trinajstić information content (AvgIpc) is 2.26. The largest absolute Gasteiger partial charge is 0.494 e. The molecule has 0 atom stereocenters. The van der Waals surface area contributed by atoms with Crippen LogP contribution >= 0.6 is 15.9 Å². The first kappa shape index (κ1) is 12.4. The van der Waals surface area contributed by atoms with Gasteiger partial charge in [0, 0.05) is 5.39 Å². The second kappa shape index (κ2) is 4.30. The molecule has 1 aromatic carbocycles. The van der Waals surface area contributed by atoms with Gasteiger partial charge in [-0.1, -0.05) is 20.8 Å². The fraction of sp³-hybridized carbons (Fsp3) is 0.357. The van der Waals surface area contributed by atoms with Gasteiger partial charge in [-0.25, -0.2) is 4.98 Å². The summed E-state index contributed by atoms with van der Waals surface area (Å²) < 4.78 is 6.26. The van der Waals surface area contributed by atoms with E-state index in [0.29, 0.717) is 0 Å². The van der Waals surface area contributed by atoms with E-state index in [1.54, 1.807) is 7.11 Å². The quantitative estimate of drug-likeness (QED) is 0.731. The van der Waals surface area contributed by atoms with Crippen molar-refractivity contribution in [2.24, 2.45) is 0 Å². The van der Waals surface area contributed by atoms with Crippen molar-refractivity contribution in [3.05, 3.63) is 34.4 Å². The van der Waals surface area contributed by atoms with Crippen molar-refractivity contribution in [1.29, 1.82) is 0 Å². The Morgan fingerprint density at radius 3 is 2.47 bits per heavy atom. The molecule has 1 heterocycles. The second-order valence-corrected chi connectivity index (χ2v) is 5.95. The third kappa shape index (κ3) is 2.44. The molecule has 0 aliphatic heterocycles. The minimum Gasteiger partial charge on any atom is -0.494 e. The van der Waals surface area contributed by atoms with E-state index in [1.807, 2.05) is 6.07 Å². The molecule has 3 heteroatoms. The number of rotatable bonds is 1. The molecular weight excluding hydrogens is 278 g/mol. The van der Waals surface area contributed by atoms with Crippen molar-refractivity contribution in [2.45, 2.75) is 26.2 Å². The van der Waals surface area contributed by atoms with Crippen LogP contribution in [0.4, 0.5) is 0 Å². The van der Waals surface area contributed by atoms with Crippen molar-refractivity contribution < 1.29 is 4.74 Å². The number of pyridine rings is 1. The molecule has 2 rings (SSSR count). The SMILES string of the molecule is COc1cc(C(C)(C)C)cc2ccc(Br)nc12. The maximum Gasteiger partial charge on any atom is 0.145 e. The second-order valence-electron chi connectivity index (χ2n) is 5.13. The van der Waals surface area contributed by atoms with Gasteiger partial charge >= 0.3 is 0 Å². The zero-order chi connectivity index (χ0) is 12.6. The van der Waals surface area contributed by atoms with Gasteiger partial charge in [0.05, 0.1) is 7.11 Å². The van der Waals surface area contributed by atoms with Gasteiger partial charge in [-0.3, -0.25) is 0 Å². The molecule has 0 saturated heterocycles. The summed E-state index contributed by atoms with van der Waals surface area (Å²) in [5.41, 5.74) is 2.26. The molecule has 0 saturated carbocycles. The Labute approximate surface area is 110 Å². The lowest BCUT2D eigenvalue weighted by Crippen LogP contribution is -2.11. The number of benzene rings is 1. The van der Waals surface area contributed by atoms with Crippen LogP contribution in [0, 0.1) is 0 Å². The molecule has 0 N–H and O–H groups in total. The highest BCUT2D eigenvalue weighted by atomic mass is 79.9. The summed E-state index contributed by atoms with van der Waals surface area (Å²) in [4.78, 5) is 4.46. The number of halogens is 1. The van der Waals surface area contributed by atoms with Crippen molar-refractivity contribution in [3.8, 4) is 5.75 Å². The van der Waals surface area contributed by atoms with E-state index in [2.05, 4.69) is 59.9 Å². The van der Waals surface area contributed by atoms with Crippen molar-refractivity contribution in [1.82, 2.24) is 4.98 Å². The van der Waals surface area contributed by atoms with Crippen LogP contribution < -0.4 is 4.74 Å². The fourth-order valence-corrected chi connectivity index (χ4v) is 2.08. The Bertz CT molecular complexity index is 558. The van der Waals surface area contributed by atoms with Crippen LogP contribution in [0.5, 0.6) is 5.75 Å². The minimum absolute atomic E-state index is 0.106.